The van der Waals surface area contributed by atoms with Gasteiger partial charge in [0.05, 0.1) is 21.7 Å². The fourth-order valence-electron chi connectivity index (χ4n) is 2.44. The van der Waals surface area contributed by atoms with Crippen LogP contribution in [0.2, 0.25) is 10.3 Å². The largest absolute Gasteiger partial charge is 0.437 e. The van der Waals surface area contributed by atoms with Gasteiger partial charge < -0.3 is 10.5 Å². The molecule has 2 heterocycles. The maximum atomic E-state index is 12.5. The first-order valence-corrected chi connectivity index (χ1v) is 8.91. The summed E-state index contributed by atoms with van der Waals surface area (Å²) in [4.78, 5) is 32.7. The van der Waals surface area contributed by atoms with E-state index < -0.39 is 17.5 Å². The highest BCUT2D eigenvalue weighted by molar-refractivity contribution is 7.22. The molecule has 0 atom stereocenters. The molecule has 9 heteroatoms. The lowest BCUT2D eigenvalue weighted by Gasteiger charge is -2.13. The average Bonchev–Trinajstić information content (AvgIpc) is 3.26. The van der Waals surface area contributed by atoms with E-state index >= 15 is 0 Å². The summed E-state index contributed by atoms with van der Waals surface area (Å²) in [6.45, 7) is 0. The van der Waals surface area contributed by atoms with Crippen LogP contribution in [0.25, 0.3) is 20.7 Å². The summed E-state index contributed by atoms with van der Waals surface area (Å²) in [7, 11) is 0. The van der Waals surface area contributed by atoms with Crippen molar-refractivity contribution in [1.29, 1.82) is 0 Å². The van der Waals surface area contributed by atoms with E-state index in [4.69, 9.17) is 33.7 Å². The molecule has 4 rings (SSSR count). The predicted molar refractivity (Wildman–Crippen MR) is 99.4 cm³/mol. The number of primary amides is 1. The summed E-state index contributed by atoms with van der Waals surface area (Å²) in [5.74, 6) is -1.37. The van der Waals surface area contributed by atoms with Crippen LogP contribution in [0.15, 0.2) is 42.6 Å². The van der Waals surface area contributed by atoms with Gasteiger partial charge in [-0.2, -0.15) is 0 Å². The van der Waals surface area contributed by atoms with Crippen molar-refractivity contribution in [2.75, 3.05) is 0 Å². The summed E-state index contributed by atoms with van der Waals surface area (Å²) >= 11 is 13.4. The van der Waals surface area contributed by atoms with Gasteiger partial charge in [0.15, 0.2) is 0 Å². The Balaban J connectivity index is 1.76. The molecule has 3 aromatic rings. The first-order valence-electron chi connectivity index (χ1n) is 7.34. The lowest BCUT2D eigenvalue weighted by atomic mass is 10.1. The zero-order valence-corrected chi connectivity index (χ0v) is 15.2. The molecular weight excluding hydrogens is 397 g/mol. The van der Waals surface area contributed by atoms with Crippen LogP contribution in [-0.4, -0.2) is 27.4 Å². The number of amides is 1. The van der Waals surface area contributed by atoms with Crippen LogP contribution in [0.4, 0.5) is 0 Å². The van der Waals surface area contributed by atoms with E-state index in [1.165, 1.54) is 29.7 Å². The maximum absolute atomic E-state index is 12.5. The number of halogens is 2. The standard InChI is InChI=1S/C17H9Cl2N3O3S/c18-10-7-21-16(19)22-13(10)12-6-9-8(2-1-3-11(9)26-12)14(23)25-17(4-5-17)15(20)24/h1-7H,(H2,20,24). The zero-order chi connectivity index (χ0) is 18.5. The molecule has 1 aromatic carbocycles. The van der Waals surface area contributed by atoms with Crippen molar-refractivity contribution in [2.24, 2.45) is 5.73 Å². The molecule has 2 N–H and O–H groups in total. The number of esters is 1. The van der Waals surface area contributed by atoms with Crippen molar-refractivity contribution >= 4 is 56.5 Å². The lowest BCUT2D eigenvalue weighted by Crippen LogP contribution is -2.36. The molecule has 2 aromatic heterocycles. The highest BCUT2D eigenvalue weighted by Gasteiger charge is 2.45. The Hall–Kier alpha value is -2.48. The molecule has 0 bridgehead atoms. The summed E-state index contributed by atoms with van der Waals surface area (Å²) in [5.41, 5.74) is 4.64. The molecule has 0 aliphatic heterocycles. The summed E-state index contributed by atoms with van der Waals surface area (Å²) in [5, 5.41) is 1.08. The Labute approximate surface area is 161 Å². The highest BCUT2D eigenvalue weighted by atomic mass is 35.5. The Morgan fingerprint density at radius 2 is 2.00 bits per heavy atom. The smallest absolute Gasteiger partial charge is 0.340 e. The third-order valence-electron chi connectivity index (χ3n) is 3.85. The molecule has 0 spiro atoms. The second kappa shape index (κ2) is 6.05. The molecule has 1 aliphatic rings. The first-order chi connectivity index (χ1) is 12.4. The Bertz CT molecular complexity index is 1100. The molecule has 1 amide bonds. The molecule has 0 saturated carbocycles. The number of ether oxygens (including phenoxy) is 1. The van der Waals surface area contributed by atoms with Crippen LogP contribution < -0.4 is 5.73 Å². The van der Waals surface area contributed by atoms with Crippen LogP contribution in [0.1, 0.15) is 10.4 Å². The Morgan fingerprint density at radius 3 is 2.69 bits per heavy atom. The van der Waals surface area contributed by atoms with E-state index in [0.717, 1.165) is 9.58 Å². The number of fused-ring (bicyclic) bond motifs is 1. The van der Waals surface area contributed by atoms with Crippen LogP contribution >= 0.6 is 34.5 Å². The molecule has 0 unspecified atom stereocenters. The Kier molecular flexibility index (Phi) is 3.95. The van der Waals surface area contributed by atoms with Gasteiger partial charge in [-0.05, 0) is 42.0 Å². The van der Waals surface area contributed by atoms with Gasteiger partial charge in [0.25, 0.3) is 5.91 Å². The number of carbonyl (C=O) groups is 2. The van der Waals surface area contributed by atoms with Gasteiger partial charge in [-0.25, -0.2) is 14.8 Å². The lowest BCUT2D eigenvalue weighted by molar-refractivity contribution is -0.127. The molecular formula is C17H9Cl2N3O3S. The minimum atomic E-state index is -1.42. The number of hydrogen-bond donors (Lipinski definition) is 1. The molecule has 1 aliphatic carbocycles. The first kappa shape index (κ1) is 17.0. The fraction of sp³-hybridized carbons (Fsp3) is 0.0588. The number of nitrogens with zero attached hydrogens (tertiary/aromatic N) is 2. The molecule has 6 nitrogen and oxygen atoms in total. The van der Waals surface area contributed by atoms with E-state index in [1.807, 2.05) is 6.07 Å². The number of thiophene rings is 1. The van der Waals surface area contributed by atoms with E-state index in [2.05, 4.69) is 9.97 Å². The van der Waals surface area contributed by atoms with Gasteiger partial charge >= 0.3 is 5.97 Å². The summed E-state index contributed by atoms with van der Waals surface area (Å²) in [6, 6.07) is 6.98. The predicted octanol–water partition coefficient (Wildman–Crippen LogP) is 3.62. The van der Waals surface area contributed by atoms with E-state index in [9.17, 15) is 9.59 Å². The van der Waals surface area contributed by atoms with Crippen LogP contribution in [0.5, 0.6) is 0 Å². The van der Waals surface area contributed by atoms with Crippen LogP contribution in [-0.2, 0) is 9.53 Å². The maximum Gasteiger partial charge on any atom is 0.340 e. The van der Waals surface area contributed by atoms with Crippen LogP contribution in [0.3, 0.4) is 0 Å². The molecule has 26 heavy (non-hydrogen) atoms. The quantitative estimate of drug-likeness (QED) is 0.406. The normalized spacial score (nSPS) is 14.4. The van der Waals surface area contributed by atoms with Crippen molar-refractivity contribution in [3.8, 4) is 10.6 Å². The van der Waals surface area contributed by atoms with Crippen molar-refractivity contribution in [3.63, 3.8) is 0 Å². The van der Waals surface area contributed by atoms with Crippen molar-refractivity contribution in [1.82, 2.24) is 9.97 Å². The SMILES string of the molecule is NC(=O)C1(OC(=O)c2cccc3sc(-c4nc(Cl)ncc4Cl)cc23)C=C1. The van der Waals surface area contributed by atoms with E-state index in [0.29, 0.717) is 21.7 Å². The summed E-state index contributed by atoms with van der Waals surface area (Å²) < 4.78 is 6.10. The number of rotatable bonds is 4. The monoisotopic (exact) mass is 405 g/mol. The fourth-order valence-corrected chi connectivity index (χ4v) is 3.91. The zero-order valence-electron chi connectivity index (χ0n) is 12.9. The van der Waals surface area contributed by atoms with E-state index in [-0.39, 0.29) is 5.28 Å². The number of nitrogens with two attached hydrogens (primary N) is 1. The van der Waals surface area contributed by atoms with Crippen molar-refractivity contribution in [3.05, 3.63) is 58.5 Å². The van der Waals surface area contributed by atoms with Gasteiger partial charge in [-0.1, -0.05) is 17.7 Å². The second-order valence-corrected chi connectivity index (χ2v) is 7.37. The number of hydrogen-bond acceptors (Lipinski definition) is 6. The van der Waals surface area contributed by atoms with Gasteiger partial charge in [0.1, 0.15) is 5.69 Å². The molecule has 130 valence electrons. The van der Waals surface area contributed by atoms with Crippen molar-refractivity contribution < 1.29 is 14.3 Å². The van der Waals surface area contributed by atoms with Gasteiger partial charge in [-0.15, -0.1) is 11.3 Å². The molecule has 0 saturated heterocycles. The molecule has 0 fully saturated rings. The third kappa shape index (κ3) is 2.84. The second-order valence-electron chi connectivity index (χ2n) is 5.54. The minimum absolute atomic E-state index is 0.0738. The molecule has 0 radical (unpaired) electrons. The van der Waals surface area contributed by atoms with Gasteiger partial charge in [-0.3, -0.25) is 4.79 Å². The van der Waals surface area contributed by atoms with E-state index in [1.54, 1.807) is 18.2 Å². The van der Waals surface area contributed by atoms with Crippen LogP contribution in [0, 0.1) is 0 Å². The third-order valence-corrected chi connectivity index (χ3v) is 5.41. The summed E-state index contributed by atoms with van der Waals surface area (Å²) in [6.07, 6.45) is 4.30. The average molecular weight is 406 g/mol. The number of carbonyl (C=O) groups excluding carboxylic acids is 2. The van der Waals surface area contributed by atoms with Gasteiger partial charge in [0, 0.05) is 10.1 Å². The minimum Gasteiger partial charge on any atom is -0.437 e. The van der Waals surface area contributed by atoms with Gasteiger partial charge in [0.2, 0.25) is 10.9 Å². The number of aromatic nitrogens is 2. The Morgan fingerprint density at radius 1 is 1.23 bits per heavy atom. The topological polar surface area (TPSA) is 95.2 Å². The number of benzene rings is 1. The van der Waals surface area contributed by atoms with Crippen molar-refractivity contribution in [2.45, 2.75) is 5.60 Å². The highest BCUT2D eigenvalue weighted by Crippen LogP contribution is 2.38.